The van der Waals surface area contributed by atoms with E-state index < -0.39 is 0 Å². The highest BCUT2D eigenvalue weighted by molar-refractivity contribution is 5.44. The van der Waals surface area contributed by atoms with E-state index in [1.165, 1.54) is 0 Å². The van der Waals surface area contributed by atoms with Crippen LogP contribution in [-0.2, 0) is 6.42 Å². The third-order valence-electron chi connectivity index (χ3n) is 2.71. The predicted molar refractivity (Wildman–Crippen MR) is 81.1 cm³/mol. The topological polar surface area (TPSA) is 96.8 Å². The molecule has 0 atom stereocenters. The van der Waals surface area contributed by atoms with Gasteiger partial charge < -0.3 is 15.8 Å². The van der Waals surface area contributed by atoms with Gasteiger partial charge in [0.25, 0.3) is 0 Å². The van der Waals surface area contributed by atoms with E-state index in [-0.39, 0.29) is 5.95 Å². The first-order valence-electron chi connectivity index (χ1n) is 6.73. The predicted octanol–water partition coefficient (Wildman–Crippen LogP) is 2.74. The summed E-state index contributed by atoms with van der Waals surface area (Å²) in [6, 6.07) is 11.1. The van der Waals surface area contributed by atoms with Gasteiger partial charge in [-0.2, -0.15) is 15.2 Å². The third-order valence-corrected chi connectivity index (χ3v) is 2.71. The monoisotopic (exact) mass is 283 g/mol. The van der Waals surface area contributed by atoms with Crippen molar-refractivity contribution in [2.75, 3.05) is 17.6 Å². The first kappa shape index (κ1) is 14.6. The second kappa shape index (κ2) is 7.10. The van der Waals surface area contributed by atoms with Crippen molar-refractivity contribution in [1.29, 1.82) is 5.26 Å². The second-order valence-electron chi connectivity index (χ2n) is 4.46. The van der Waals surface area contributed by atoms with Crippen LogP contribution in [0.3, 0.4) is 0 Å². The molecule has 0 aliphatic carbocycles. The Balaban J connectivity index is 2.11. The van der Waals surface area contributed by atoms with E-state index in [4.69, 9.17) is 15.7 Å². The number of nitrogens with two attached hydrogens (primary N) is 1. The maximum atomic E-state index is 8.64. The normalized spacial score (nSPS) is 9.90. The molecule has 0 spiro atoms. The number of nitrogens with zero attached hydrogens (tertiary/aromatic N) is 3. The van der Waals surface area contributed by atoms with Gasteiger partial charge in [-0.1, -0.05) is 19.1 Å². The third kappa shape index (κ3) is 4.35. The lowest BCUT2D eigenvalue weighted by molar-refractivity contribution is 0.463. The Kier molecular flexibility index (Phi) is 4.94. The Bertz CT molecular complexity index is 634. The molecule has 6 heteroatoms. The molecule has 1 heterocycles. The maximum absolute atomic E-state index is 8.64. The van der Waals surface area contributed by atoms with Crippen molar-refractivity contribution in [2.24, 2.45) is 0 Å². The van der Waals surface area contributed by atoms with Crippen LogP contribution in [0, 0.1) is 11.3 Å². The van der Waals surface area contributed by atoms with E-state index in [1.54, 1.807) is 18.2 Å². The molecule has 0 fully saturated rings. The summed E-state index contributed by atoms with van der Waals surface area (Å²) in [7, 11) is 0. The van der Waals surface area contributed by atoms with Crippen molar-refractivity contribution >= 4 is 11.8 Å². The zero-order valence-electron chi connectivity index (χ0n) is 11.8. The van der Waals surface area contributed by atoms with Crippen molar-refractivity contribution in [3.8, 4) is 17.7 Å². The van der Waals surface area contributed by atoms with Gasteiger partial charge >= 0.3 is 0 Å². The molecule has 6 nitrogen and oxygen atoms in total. The minimum Gasteiger partial charge on any atom is -0.439 e. The highest BCUT2D eigenvalue weighted by Gasteiger charge is 2.04. The Labute approximate surface area is 123 Å². The van der Waals surface area contributed by atoms with Crippen LogP contribution in [0.5, 0.6) is 11.6 Å². The molecule has 0 aliphatic heterocycles. The van der Waals surface area contributed by atoms with Gasteiger partial charge in [-0.25, -0.2) is 0 Å². The molecule has 1 aromatic carbocycles. The summed E-state index contributed by atoms with van der Waals surface area (Å²) in [5, 5.41) is 11.8. The number of anilines is 2. The largest absolute Gasteiger partial charge is 0.439 e. The maximum Gasteiger partial charge on any atom is 0.226 e. The smallest absolute Gasteiger partial charge is 0.226 e. The van der Waals surface area contributed by atoms with Gasteiger partial charge in [0.2, 0.25) is 11.8 Å². The molecule has 0 bridgehead atoms. The molecular weight excluding hydrogens is 266 g/mol. The van der Waals surface area contributed by atoms with Gasteiger partial charge in [-0.15, -0.1) is 0 Å². The fraction of sp³-hybridized carbons (Fsp3) is 0.267. The summed E-state index contributed by atoms with van der Waals surface area (Å²) in [6.07, 6.45) is 1.37. The molecule has 21 heavy (non-hydrogen) atoms. The number of aromatic nitrogens is 2. The molecule has 0 radical (unpaired) electrons. The van der Waals surface area contributed by atoms with E-state index in [0.717, 1.165) is 18.5 Å². The molecule has 0 amide bonds. The fourth-order valence-electron chi connectivity index (χ4n) is 1.73. The molecule has 2 rings (SSSR count). The highest BCUT2D eigenvalue weighted by Crippen LogP contribution is 2.22. The van der Waals surface area contributed by atoms with Gasteiger partial charge in [0.05, 0.1) is 12.5 Å². The summed E-state index contributed by atoms with van der Waals surface area (Å²) in [5.74, 6) is 1.82. The lowest BCUT2D eigenvalue weighted by Crippen LogP contribution is -2.05. The molecule has 0 saturated heterocycles. The molecule has 3 N–H and O–H groups in total. The van der Waals surface area contributed by atoms with Crippen molar-refractivity contribution in [2.45, 2.75) is 19.8 Å². The van der Waals surface area contributed by atoms with Gasteiger partial charge in [0, 0.05) is 12.6 Å². The lowest BCUT2D eigenvalue weighted by atomic mass is 10.2. The van der Waals surface area contributed by atoms with E-state index >= 15 is 0 Å². The van der Waals surface area contributed by atoms with Gasteiger partial charge in [-0.05, 0) is 24.1 Å². The van der Waals surface area contributed by atoms with E-state index in [0.29, 0.717) is 23.9 Å². The van der Waals surface area contributed by atoms with E-state index in [2.05, 4.69) is 28.3 Å². The fourth-order valence-corrected chi connectivity index (χ4v) is 1.73. The average molecular weight is 283 g/mol. The number of benzene rings is 1. The van der Waals surface area contributed by atoms with Gasteiger partial charge in [0.15, 0.2) is 0 Å². The van der Waals surface area contributed by atoms with Crippen molar-refractivity contribution in [3.05, 3.63) is 35.9 Å². The molecule has 108 valence electrons. The van der Waals surface area contributed by atoms with Crippen LogP contribution in [-0.4, -0.2) is 16.5 Å². The standard InChI is InChI=1S/C15H17N5O/c1-2-9-18-13-10-14(20-15(17)19-13)21-12-5-3-11(4-6-12)7-8-16/h3-6,10H,2,7,9H2,1H3,(H3,17,18,19,20). The van der Waals surface area contributed by atoms with Gasteiger partial charge in [0.1, 0.15) is 11.6 Å². The second-order valence-corrected chi connectivity index (χ2v) is 4.46. The zero-order valence-corrected chi connectivity index (χ0v) is 11.8. The molecule has 0 aliphatic rings. The minimum absolute atomic E-state index is 0.159. The molecular formula is C15H17N5O. The minimum atomic E-state index is 0.159. The number of rotatable bonds is 6. The Morgan fingerprint density at radius 3 is 2.71 bits per heavy atom. The van der Waals surface area contributed by atoms with Crippen molar-refractivity contribution < 1.29 is 4.74 Å². The van der Waals surface area contributed by atoms with Crippen LogP contribution in [0.25, 0.3) is 0 Å². The van der Waals surface area contributed by atoms with Crippen LogP contribution in [0.15, 0.2) is 30.3 Å². The van der Waals surface area contributed by atoms with Crippen LogP contribution in [0.4, 0.5) is 11.8 Å². The Hall–Kier alpha value is -2.81. The van der Waals surface area contributed by atoms with Crippen molar-refractivity contribution in [3.63, 3.8) is 0 Å². The Morgan fingerprint density at radius 1 is 1.29 bits per heavy atom. The highest BCUT2D eigenvalue weighted by atomic mass is 16.5. The molecule has 2 aromatic rings. The zero-order chi connectivity index (χ0) is 15.1. The van der Waals surface area contributed by atoms with E-state index in [9.17, 15) is 0 Å². The number of nitriles is 1. The summed E-state index contributed by atoms with van der Waals surface area (Å²) < 4.78 is 5.66. The number of hydrogen-bond donors (Lipinski definition) is 2. The summed E-state index contributed by atoms with van der Waals surface area (Å²) in [5.41, 5.74) is 6.61. The molecule has 0 saturated carbocycles. The summed E-state index contributed by atoms with van der Waals surface area (Å²) in [4.78, 5) is 8.14. The van der Waals surface area contributed by atoms with Crippen LogP contribution in [0.1, 0.15) is 18.9 Å². The SMILES string of the molecule is CCCNc1cc(Oc2ccc(CC#N)cc2)nc(N)n1. The summed E-state index contributed by atoms with van der Waals surface area (Å²) >= 11 is 0. The molecule has 1 aromatic heterocycles. The average Bonchev–Trinajstić information content (AvgIpc) is 2.47. The first-order valence-corrected chi connectivity index (χ1v) is 6.73. The van der Waals surface area contributed by atoms with E-state index in [1.807, 2.05) is 12.1 Å². The number of ether oxygens (including phenoxy) is 1. The lowest BCUT2D eigenvalue weighted by Gasteiger charge is -2.09. The Morgan fingerprint density at radius 2 is 2.05 bits per heavy atom. The van der Waals surface area contributed by atoms with Crippen LogP contribution < -0.4 is 15.8 Å². The van der Waals surface area contributed by atoms with Crippen LogP contribution in [0.2, 0.25) is 0 Å². The number of nitrogens with one attached hydrogen (secondary N) is 1. The van der Waals surface area contributed by atoms with Gasteiger partial charge in [-0.3, -0.25) is 0 Å². The quantitative estimate of drug-likeness (QED) is 0.846. The molecule has 0 unspecified atom stereocenters. The number of hydrogen-bond acceptors (Lipinski definition) is 6. The van der Waals surface area contributed by atoms with Crippen molar-refractivity contribution in [1.82, 2.24) is 9.97 Å². The number of nitrogen functional groups attached to an aromatic ring is 1. The summed E-state index contributed by atoms with van der Waals surface area (Å²) in [6.45, 7) is 2.87. The van der Waals surface area contributed by atoms with Crippen LogP contribution >= 0.6 is 0 Å². The first-order chi connectivity index (χ1) is 10.2.